The highest BCUT2D eigenvalue weighted by Crippen LogP contribution is 2.68. The van der Waals surface area contributed by atoms with E-state index in [2.05, 4.69) is 40.7 Å². The lowest BCUT2D eigenvalue weighted by molar-refractivity contribution is -0.324. The van der Waals surface area contributed by atoms with E-state index in [-0.39, 0.29) is 41.4 Å². The van der Waals surface area contributed by atoms with Crippen LogP contribution in [-0.4, -0.2) is 150 Å². The second-order valence-corrected chi connectivity index (χ2v) is 18.1. The molecule has 0 radical (unpaired) electrons. The van der Waals surface area contributed by atoms with E-state index in [0.29, 0.717) is 25.2 Å². The summed E-state index contributed by atoms with van der Waals surface area (Å²) in [6.07, 6.45) is -9.27. The third-order valence-electron chi connectivity index (χ3n) is 14.7. The maximum Gasteiger partial charge on any atom is 0.187 e. The van der Waals surface area contributed by atoms with Crippen LogP contribution in [0, 0.1) is 46.3 Å². The molecule has 10 N–H and O–H groups in total. The molecule has 3 saturated carbocycles. The largest absolute Gasteiger partial charge is 0.394 e. The van der Waals surface area contributed by atoms with E-state index in [0.717, 1.165) is 31.3 Å². The number of hydrogen-bond acceptors (Lipinski definition) is 14. The Bertz CT molecular complexity index is 1260. The van der Waals surface area contributed by atoms with Crippen molar-refractivity contribution in [2.24, 2.45) is 46.3 Å². The van der Waals surface area contributed by atoms with Crippen LogP contribution in [-0.2, 0) is 18.9 Å². The molecule has 14 nitrogen and oxygen atoms in total. The topological polar surface area (TPSA) is 239 Å². The Hall–Kier alpha value is -0.820. The minimum atomic E-state index is -1.59. The summed E-state index contributed by atoms with van der Waals surface area (Å²) < 4.78 is 24.8. The molecule has 21 atom stereocenters. The summed E-state index contributed by atoms with van der Waals surface area (Å²) in [5.74, 6) is 0.371. The fourth-order valence-corrected chi connectivity index (χ4v) is 11.7. The molecule has 0 aromatic carbocycles. The first-order valence-corrected chi connectivity index (χ1v) is 19.9. The molecule has 6 aliphatic rings. The fourth-order valence-electron chi connectivity index (χ4n) is 11.7. The minimum absolute atomic E-state index is 0.0794. The van der Waals surface area contributed by atoms with Gasteiger partial charge in [-0.25, -0.2) is 0 Å². The lowest BCUT2D eigenvalue weighted by Crippen LogP contribution is -2.62. The first-order valence-electron chi connectivity index (χ1n) is 19.9. The van der Waals surface area contributed by atoms with Crippen molar-refractivity contribution in [3.8, 4) is 0 Å². The maximum atomic E-state index is 11.6. The standard InChI is InChI=1S/C39H66O14/c1-17(2)6-9-24(43)18(3)29-25(50-36-34(48)32(46)30(44)26(15-40)51-36)14-23-21-8-7-19-12-20(42)13-28(39(19,5)22(21)10-11-38(23,29)4)53-37-35(49)33(47)31(45)27(16-41)52-37/h7,17-18,20-37,40-49H,6,8-16H2,1-5H3/t18-,20-,21-,22+,23-,24+,25-,26-,27-,28+,29-,30-,31-,32+,33+,34+,35+,36-,37+,38-,39+/m1/s1. The van der Waals surface area contributed by atoms with Crippen LogP contribution in [0.2, 0.25) is 0 Å². The van der Waals surface area contributed by atoms with Crippen molar-refractivity contribution in [2.45, 2.75) is 172 Å². The highest BCUT2D eigenvalue weighted by molar-refractivity contribution is 5.28. The van der Waals surface area contributed by atoms with E-state index >= 15 is 0 Å². The molecule has 2 aliphatic heterocycles. The lowest BCUT2D eigenvalue weighted by Gasteiger charge is -2.60. The van der Waals surface area contributed by atoms with E-state index in [9.17, 15) is 51.1 Å². The summed E-state index contributed by atoms with van der Waals surface area (Å²) in [5.41, 5.74) is 0.176. The molecular formula is C39H66O14. The summed E-state index contributed by atoms with van der Waals surface area (Å²) >= 11 is 0. The second kappa shape index (κ2) is 16.2. The predicted molar refractivity (Wildman–Crippen MR) is 188 cm³/mol. The average Bonchev–Trinajstić information content (AvgIpc) is 3.42. The molecular weight excluding hydrogens is 692 g/mol. The SMILES string of the molecule is CC(C)CC[C@H](O)[C@@H](C)[C@@H]1[C@H](O[C@@H]2O[C@H](CO)[C@@H](O)[C@H](O)[C@@H]2O)C[C@@H]2[C@@H]3CC=C4C[C@@H](O)C[C@H](O[C@@H]5O[C@H](CO)[C@@H](O)[C@H](O)[C@@H]5O)[C@]4(C)[C@H]3CC[C@@]12C. The summed E-state index contributed by atoms with van der Waals surface area (Å²) in [5, 5.41) is 106. The average molecular weight is 759 g/mol. The molecule has 0 bridgehead atoms. The molecule has 0 spiro atoms. The van der Waals surface area contributed by atoms with Crippen LogP contribution in [0.15, 0.2) is 11.6 Å². The van der Waals surface area contributed by atoms with E-state index in [1.54, 1.807) is 0 Å². The van der Waals surface area contributed by atoms with Crippen LogP contribution in [0.4, 0.5) is 0 Å². The van der Waals surface area contributed by atoms with Crippen LogP contribution in [0.25, 0.3) is 0 Å². The molecule has 2 saturated heterocycles. The Morgan fingerprint density at radius 1 is 0.774 bits per heavy atom. The molecule has 5 fully saturated rings. The van der Waals surface area contributed by atoms with E-state index in [1.165, 1.54) is 0 Å². The van der Waals surface area contributed by atoms with Gasteiger partial charge in [-0.2, -0.15) is 0 Å². The van der Waals surface area contributed by atoms with Crippen molar-refractivity contribution < 1.29 is 70.0 Å². The van der Waals surface area contributed by atoms with Gasteiger partial charge in [0.1, 0.15) is 48.8 Å². The van der Waals surface area contributed by atoms with Gasteiger partial charge in [-0.05, 0) is 85.9 Å². The van der Waals surface area contributed by atoms with Gasteiger partial charge in [0.05, 0.1) is 37.6 Å². The van der Waals surface area contributed by atoms with Gasteiger partial charge in [0.2, 0.25) is 0 Å². The van der Waals surface area contributed by atoms with Crippen LogP contribution < -0.4 is 0 Å². The summed E-state index contributed by atoms with van der Waals surface area (Å²) in [6.45, 7) is 9.58. The van der Waals surface area contributed by atoms with E-state index in [4.69, 9.17) is 18.9 Å². The molecule has 4 aliphatic carbocycles. The Morgan fingerprint density at radius 2 is 1.36 bits per heavy atom. The first kappa shape index (κ1) is 41.8. The third-order valence-corrected chi connectivity index (χ3v) is 14.7. The molecule has 0 unspecified atom stereocenters. The molecule has 0 aromatic rings. The summed E-state index contributed by atoms with van der Waals surface area (Å²) in [4.78, 5) is 0. The Kier molecular flexibility index (Phi) is 12.8. The Balaban J connectivity index is 1.31. The molecule has 306 valence electrons. The molecule has 53 heavy (non-hydrogen) atoms. The van der Waals surface area contributed by atoms with Crippen LogP contribution >= 0.6 is 0 Å². The second-order valence-electron chi connectivity index (χ2n) is 18.1. The number of aliphatic hydroxyl groups is 10. The zero-order valence-corrected chi connectivity index (χ0v) is 31.8. The number of hydrogen-bond donors (Lipinski definition) is 10. The van der Waals surface area contributed by atoms with Crippen molar-refractivity contribution in [2.75, 3.05) is 13.2 Å². The van der Waals surface area contributed by atoms with Gasteiger partial charge in [0.15, 0.2) is 12.6 Å². The molecule has 0 aromatic heterocycles. The molecule has 6 rings (SSSR count). The maximum absolute atomic E-state index is 11.6. The van der Waals surface area contributed by atoms with E-state index in [1.807, 2.05) is 0 Å². The Labute approximate surface area is 312 Å². The predicted octanol–water partition coefficient (Wildman–Crippen LogP) is -0.0505. The Morgan fingerprint density at radius 3 is 1.92 bits per heavy atom. The van der Waals surface area contributed by atoms with Gasteiger partial charge in [0.25, 0.3) is 0 Å². The van der Waals surface area contributed by atoms with Crippen molar-refractivity contribution in [1.82, 2.24) is 0 Å². The van der Waals surface area contributed by atoms with Crippen LogP contribution in [0.1, 0.15) is 86.0 Å². The normalized spacial score (nSPS) is 51.2. The van der Waals surface area contributed by atoms with Gasteiger partial charge in [-0.3, -0.25) is 0 Å². The third kappa shape index (κ3) is 7.42. The van der Waals surface area contributed by atoms with Crippen molar-refractivity contribution in [1.29, 1.82) is 0 Å². The quantitative estimate of drug-likeness (QED) is 0.124. The summed E-state index contributed by atoms with van der Waals surface area (Å²) in [7, 11) is 0. The molecule has 2 heterocycles. The minimum Gasteiger partial charge on any atom is -0.394 e. The van der Waals surface area contributed by atoms with E-state index < -0.39 is 104 Å². The number of allylic oxidation sites excluding steroid dienone is 1. The van der Waals surface area contributed by atoms with Crippen molar-refractivity contribution in [3.63, 3.8) is 0 Å². The molecule has 0 amide bonds. The summed E-state index contributed by atoms with van der Waals surface area (Å²) in [6, 6.07) is 0. The zero-order valence-electron chi connectivity index (χ0n) is 31.8. The first-order chi connectivity index (χ1) is 25.0. The van der Waals surface area contributed by atoms with Crippen molar-refractivity contribution in [3.05, 3.63) is 11.6 Å². The molecule has 14 heteroatoms. The van der Waals surface area contributed by atoms with Gasteiger partial charge < -0.3 is 70.0 Å². The van der Waals surface area contributed by atoms with Gasteiger partial charge in [-0.1, -0.05) is 46.3 Å². The highest BCUT2D eigenvalue weighted by atomic mass is 16.7. The van der Waals surface area contributed by atoms with Gasteiger partial charge >= 0.3 is 0 Å². The number of aliphatic hydroxyl groups excluding tert-OH is 10. The smallest absolute Gasteiger partial charge is 0.187 e. The van der Waals surface area contributed by atoms with Crippen molar-refractivity contribution >= 4 is 0 Å². The monoisotopic (exact) mass is 758 g/mol. The van der Waals surface area contributed by atoms with Gasteiger partial charge in [0, 0.05) is 11.8 Å². The number of rotatable bonds is 11. The number of ether oxygens (including phenoxy) is 4. The fraction of sp³-hybridized carbons (Fsp3) is 0.949. The zero-order chi connectivity index (χ0) is 38.7. The van der Waals surface area contributed by atoms with Crippen LogP contribution in [0.5, 0.6) is 0 Å². The lowest BCUT2D eigenvalue weighted by atomic mass is 9.46. The highest BCUT2D eigenvalue weighted by Gasteiger charge is 2.65. The van der Waals surface area contributed by atoms with Gasteiger partial charge in [-0.15, -0.1) is 0 Å². The number of fused-ring (bicyclic) bond motifs is 5. The van der Waals surface area contributed by atoms with Crippen LogP contribution in [0.3, 0.4) is 0 Å².